The van der Waals surface area contributed by atoms with Crippen LogP contribution in [0.5, 0.6) is 0 Å². The predicted molar refractivity (Wildman–Crippen MR) is 74.8 cm³/mol. The minimum Gasteiger partial charge on any atom is -0.385 e. The minimum atomic E-state index is -0.428. The second kappa shape index (κ2) is 7.95. The highest BCUT2D eigenvalue weighted by Crippen LogP contribution is 2.05. The molecule has 0 aliphatic heterocycles. The van der Waals surface area contributed by atoms with Crippen LogP contribution in [0, 0.1) is 23.1 Å². The number of nitrogens with zero attached hydrogens (tertiary/aromatic N) is 1. The van der Waals surface area contributed by atoms with Crippen LogP contribution in [0.1, 0.15) is 19.4 Å². The maximum atomic E-state index is 13.4. The molecule has 0 aliphatic rings. The van der Waals surface area contributed by atoms with Crippen molar-refractivity contribution in [2.24, 2.45) is 5.92 Å². The number of hydrogen-bond acceptors (Lipinski definition) is 3. The van der Waals surface area contributed by atoms with Crippen molar-refractivity contribution in [3.8, 4) is 6.07 Å². The lowest BCUT2D eigenvalue weighted by Gasteiger charge is -2.07. The van der Waals surface area contributed by atoms with Gasteiger partial charge in [-0.05, 0) is 12.0 Å². The Labute approximate surface area is 118 Å². The van der Waals surface area contributed by atoms with Crippen molar-refractivity contribution in [2.45, 2.75) is 20.4 Å². The summed E-state index contributed by atoms with van der Waals surface area (Å²) in [6.45, 7) is 4.65. The van der Waals surface area contributed by atoms with Crippen molar-refractivity contribution in [1.29, 1.82) is 5.26 Å². The van der Waals surface area contributed by atoms with Crippen LogP contribution in [-0.4, -0.2) is 12.5 Å². The van der Waals surface area contributed by atoms with Gasteiger partial charge in [0.05, 0.1) is 0 Å². The molecule has 0 spiro atoms. The van der Waals surface area contributed by atoms with Gasteiger partial charge in [-0.15, -0.1) is 0 Å². The number of amides is 1. The van der Waals surface area contributed by atoms with Crippen LogP contribution in [0.25, 0.3) is 0 Å². The monoisotopic (exact) mass is 275 g/mol. The molecule has 0 aliphatic carbocycles. The van der Waals surface area contributed by atoms with E-state index in [9.17, 15) is 9.18 Å². The summed E-state index contributed by atoms with van der Waals surface area (Å²) in [6, 6.07) is 8.15. The van der Waals surface area contributed by atoms with Crippen LogP contribution >= 0.6 is 0 Å². The van der Waals surface area contributed by atoms with E-state index in [-0.39, 0.29) is 17.9 Å². The number of nitriles is 1. The first-order valence-electron chi connectivity index (χ1n) is 6.40. The summed E-state index contributed by atoms with van der Waals surface area (Å²) >= 11 is 0. The molecule has 1 aromatic carbocycles. The molecule has 5 heteroatoms. The number of hydrogen-bond donors (Lipinski definition) is 2. The van der Waals surface area contributed by atoms with E-state index in [1.807, 2.05) is 19.9 Å². The van der Waals surface area contributed by atoms with Gasteiger partial charge in [-0.3, -0.25) is 4.79 Å². The second-order valence-corrected chi connectivity index (χ2v) is 4.75. The van der Waals surface area contributed by atoms with Gasteiger partial charge in [0.15, 0.2) is 0 Å². The summed E-state index contributed by atoms with van der Waals surface area (Å²) < 4.78 is 13.4. The Bertz CT molecular complexity index is 532. The molecule has 0 saturated carbocycles. The van der Waals surface area contributed by atoms with Crippen LogP contribution in [0.4, 0.5) is 4.39 Å². The SMILES string of the molecule is CC(C)CNC(=O)/C(C#N)=C\NCc1ccccc1F. The molecule has 20 heavy (non-hydrogen) atoms. The van der Waals surface area contributed by atoms with E-state index in [1.165, 1.54) is 12.3 Å². The van der Waals surface area contributed by atoms with Crippen LogP contribution in [0.3, 0.4) is 0 Å². The topological polar surface area (TPSA) is 64.9 Å². The quantitative estimate of drug-likeness (QED) is 0.617. The molecule has 0 fully saturated rings. The van der Waals surface area contributed by atoms with Crippen molar-refractivity contribution in [1.82, 2.24) is 10.6 Å². The van der Waals surface area contributed by atoms with Gasteiger partial charge in [0.2, 0.25) is 0 Å². The molecule has 0 unspecified atom stereocenters. The third kappa shape index (κ3) is 5.11. The largest absolute Gasteiger partial charge is 0.385 e. The third-order valence-corrected chi connectivity index (χ3v) is 2.53. The zero-order chi connectivity index (χ0) is 15.0. The molecular formula is C15H18FN3O. The van der Waals surface area contributed by atoms with Gasteiger partial charge in [-0.1, -0.05) is 32.0 Å². The summed E-state index contributed by atoms with van der Waals surface area (Å²) in [5.41, 5.74) is 0.450. The Morgan fingerprint density at radius 3 is 2.75 bits per heavy atom. The van der Waals surface area contributed by atoms with E-state index < -0.39 is 5.91 Å². The normalized spacial score (nSPS) is 11.1. The average Bonchev–Trinajstić information content (AvgIpc) is 2.43. The Hall–Kier alpha value is -2.35. The van der Waals surface area contributed by atoms with Crippen molar-refractivity contribution in [2.75, 3.05) is 6.54 Å². The number of benzene rings is 1. The van der Waals surface area contributed by atoms with Gasteiger partial charge in [0, 0.05) is 24.9 Å². The van der Waals surface area contributed by atoms with Gasteiger partial charge in [0.1, 0.15) is 17.5 Å². The Kier molecular flexibility index (Phi) is 6.24. The lowest BCUT2D eigenvalue weighted by Crippen LogP contribution is -2.29. The van der Waals surface area contributed by atoms with Crippen molar-refractivity contribution in [3.05, 3.63) is 47.4 Å². The number of carbonyl (C=O) groups is 1. The van der Waals surface area contributed by atoms with Gasteiger partial charge in [0.25, 0.3) is 5.91 Å². The Balaban J connectivity index is 2.56. The highest BCUT2D eigenvalue weighted by Gasteiger charge is 2.08. The molecular weight excluding hydrogens is 257 g/mol. The first-order chi connectivity index (χ1) is 9.54. The van der Waals surface area contributed by atoms with E-state index in [4.69, 9.17) is 5.26 Å². The number of carbonyl (C=O) groups excluding carboxylic acids is 1. The molecule has 0 atom stereocenters. The maximum Gasteiger partial charge on any atom is 0.263 e. The van der Waals surface area contributed by atoms with E-state index in [2.05, 4.69) is 10.6 Å². The fraction of sp³-hybridized carbons (Fsp3) is 0.333. The second-order valence-electron chi connectivity index (χ2n) is 4.75. The van der Waals surface area contributed by atoms with E-state index in [1.54, 1.807) is 18.2 Å². The molecule has 0 radical (unpaired) electrons. The minimum absolute atomic E-state index is 0.0259. The molecule has 0 saturated heterocycles. The zero-order valence-corrected chi connectivity index (χ0v) is 11.6. The summed E-state index contributed by atoms with van der Waals surface area (Å²) in [5.74, 6) is -0.441. The third-order valence-electron chi connectivity index (χ3n) is 2.53. The first kappa shape index (κ1) is 15.7. The van der Waals surface area contributed by atoms with Crippen molar-refractivity contribution < 1.29 is 9.18 Å². The molecule has 0 aromatic heterocycles. The molecule has 106 valence electrons. The summed E-state index contributed by atoms with van der Waals surface area (Å²) in [4.78, 5) is 11.7. The molecule has 1 rings (SSSR count). The molecule has 1 amide bonds. The van der Waals surface area contributed by atoms with Crippen LogP contribution in [0.2, 0.25) is 0 Å². The van der Waals surface area contributed by atoms with E-state index in [0.717, 1.165) is 0 Å². The number of nitrogens with one attached hydrogen (secondary N) is 2. The highest BCUT2D eigenvalue weighted by molar-refractivity contribution is 5.97. The van der Waals surface area contributed by atoms with Gasteiger partial charge in [-0.2, -0.15) is 5.26 Å². The highest BCUT2D eigenvalue weighted by atomic mass is 19.1. The summed E-state index contributed by atoms with van der Waals surface area (Å²) in [5, 5.41) is 14.3. The fourth-order valence-corrected chi connectivity index (χ4v) is 1.45. The van der Waals surface area contributed by atoms with Gasteiger partial charge in [-0.25, -0.2) is 4.39 Å². The first-order valence-corrected chi connectivity index (χ1v) is 6.40. The average molecular weight is 275 g/mol. The van der Waals surface area contributed by atoms with Gasteiger partial charge >= 0.3 is 0 Å². The van der Waals surface area contributed by atoms with E-state index >= 15 is 0 Å². The Morgan fingerprint density at radius 2 is 2.15 bits per heavy atom. The predicted octanol–water partition coefficient (Wildman–Crippen LogP) is 2.09. The van der Waals surface area contributed by atoms with Crippen molar-refractivity contribution in [3.63, 3.8) is 0 Å². The van der Waals surface area contributed by atoms with Crippen molar-refractivity contribution >= 4 is 5.91 Å². The van der Waals surface area contributed by atoms with E-state index in [0.29, 0.717) is 18.0 Å². The van der Waals surface area contributed by atoms with Crippen LogP contribution in [-0.2, 0) is 11.3 Å². The summed E-state index contributed by atoms with van der Waals surface area (Å²) in [6.07, 6.45) is 1.31. The molecule has 0 heterocycles. The number of halogens is 1. The standard InChI is InChI=1S/C15H18FN3O/c1-11(2)8-19-15(20)13(7-17)10-18-9-12-5-3-4-6-14(12)16/h3-6,10-11,18H,8-9H2,1-2H3,(H,19,20)/b13-10-. The molecule has 4 nitrogen and oxygen atoms in total. The Morgan fingerprint density at radius 1 is 1.45 bits per heavy atom. The molecule has 0 bridgehead atoms. The lowest BCUT2D eigenvalue weighted by atomic mass is 10.2. The summed E-state index contributed by atoms with van der Waals surface area (Å²) in [7, 11) is 0. The van der Waals surface area contributed by atoms with Gasteiger partial charge < -0.3 is 10.6 Å². The number of rotatable bonds is 6. The van der Waals surface area contributed by atoms with Crippen LogP contribution in [0.15, 0.2) is 36.0 Å². The maximum absolute atomic E-state index is 13.4. The zero-order valence-electron chi connectivity index (χ0n) is 11.6. The fourth-order valence-electron chi connectivity index (χ4n) is 1.45. The molecule has 1 aromatic rings. The smallest absolute Gasteiger partial charge is 0.263 e. The van der Waals surface area contributed by atoms with Crippen LogP contribution < -0.4 is 10.6 Å². The molecule has 2 N–H and O–H groups in total. The lowest BCUT2D eigenvalue weighted by molar-refractivity contribution is -0.117.